The van der Waals surface area contributed by atoms with Crippen molar-refractivity contribution in [1.29, 1.82) is 0 Å². The van der Waals surface area contributed by atoms with E-state index in [-0.39, 0.29) is 0 Å². The van der Waals surface area contributed by atoms with Crippen molar-refractivity contribution in [2.75, 3.05) is 0 Å². The quantitative estimate of drug-likeness (QED) is 0.144. The van der Waals surface area contributed by atoms with Crippen molar-refractivity contribution in [3.63, 3.8) is 0 Å². The maximum Gasteiger partial charge on any atom is 0.115 e. The second kappa shape index (κ2) is 46.0. The van der Waals surface area contributed by atoms with Crippen molar-refractivity contribution in [3.8, 4) is 22.3 Å². The van der Waals surface area contributed by atoms with Gasteiger partial charge in [-0.15, -0.1) is 0 Å². The molecule has 20 heteroatoms. The number of rotatable bonds is 7. The van der Waals surface area contributed by atoms with Gasteiger partial charge < -0.3 is 0 Å². The van der Waals surface area contributed by atoms with Gasteiger partial charge in [-0.1, -0.05) is 24.3 Å². The van der Waals surface area contributed by atoms with Crippen LogP contribution < -0.4 is 0 Å². The van der Waals surface area contributed by atoms with E-state index >= 15 is 0 Å². The molecule has 17 heterocycles. The van der Waals surface area contributed by atoms with E-state index in [0.29, 0.717) is 0 Å². The van der Waals surface area contributed by atoms with Crippen LogP contribution in [-0.2, 0) is 12.8 Å². The summed E-state index contributed by atoms with van der Waals surface area (Å²) in [5, 5.41) is 11.6. The Hall–Kier alpha value is -14.1. The predicted molar refractivity (Wildman–Crippen MR) is 393 cm³/mol. The molecule has 0 spiro atoms. The third-order valence-corrected chi connectivity index (χ3v) is 13.1. The first-order valence-corrected chi connectivity index (χ1v) is 31.1. The zero-order chi connectivity index (χ0) is 68.9. The minimum atomic E-state index is 0.949. The van der Waals surface area contributed by atoms with Crippen molar-refractivity contribution in [2.24, 2.45) is 0 Å². The molecule has 20 nitrogen and oxygen atoms in total. The van der Waals surface area contributed by atoms with Gasteiger partial charge in [0.15, 0.2) is 0 Å². The highest BCUT2D eigenvalue weighted by atomic mass is 15.1. The first-order chi connectivity index (χ1) is 49.7. The van der Waals surface area contributed by atoms with Gasteiger partial charge in [0.2, 0.25) is 0 Å². The van der Waals surface area contributed by atoms with Crippen LogP contribution in [0.4, 0.5) is 0 Å². The minimum Gasteiger partial charge on any atom is -0.265 e. The Morgan fingerprint density at radius 2 is 0.500 bits per heavy atom. The highest BCUT2D eigenvalue weighted by molar-refractivity contribution is 5.80. The monoisotopic (exact) mass is 1310 g/mol. The Morgan fingerprint density at radius 3 is 0.790 bits per heavy atom. The fourth-order valence-corrected chi connectivity index (χ4v) is 8.19. The Kier molecular flexibility index (Phi) is 33.0. The second-order valence-corrected chi connectivity index (χ2v) is 20.0. The summed E-state index contributed by atoms with van der Waals surface area (Å²) in [5.41, 5.74) is 11.4. The van der Waals surface area contributed by atoms with E-state index in [0.717, 1.165) is 67.7 Å². The fraction of sp³-hybridized carbons (Fsp3) is 0.0250. The fourth-order valence-electron chi connectivity index (χ4n) is 8.19. The third kappa shape index (κ3) is 29.4. The molecule has 0 aromatic carbocycles. The summed E-state index contributed by atoms with van der Waals surface area (Å²) in [5.74, 6) is 0. The number of nitrogens with zero attached hydrogens (tertiary/aromatic N) is 20. The molecule has 0 unspecified atom stereocenters. The molecule has 0 saturated carbocycles. The third-order valence-electron chi connectivity index (χ3n) is 13.1. The first-order valence-electron chi connectivity index (χ1n) is 31.1. The molecule has 17 aromatic heterocycles. The SMILES string of the molecule is C(=C\c1ccncc1)/c1ccncc1.c1cc(-c2ccncc2)ccn1.c1cc(CCc2ccncc2)ccn1.c1cc2cnccc2cn1.c1cc2cnccc2cn1.c1ccnnc1.c1cnc2cccnc2c1.c1cncc(-c2cccnc2)c1.c1cnccn1.c1cncnc1. The van der Waals surface area contributed by atoms with Crippen LogP contribution in [0.5, 0.6) is 0 Å². The molecule has 0 aliphatic rings. The molecule has 0 N–H and O–H groups in total. The molecular weight excluding hydrogens is 1240 g/mol. The van der Waals surface area contributed by atoms with Gasteiger partial charge in [-0.25, -0.2) is 9.97 Å². The summed E-state index contributed by atoms with van der Waals surface area (Å²) in [4.78, 5) is 70.8. The molecule has 0 amide bonds. The van der Waals surface area contributed by atoms with Gasteiger partial charge in [0, 0.05) is 243 Å². The molecule has 100 heavy (non-hydrogen) atoms. The van der Waals surface area contributed by atoms with Crippen LogP contribution >= 0.6 is 0 Å². The maximum absolute atomic E-state index is 4.12. The Balaban J connectivity index is 0.000000143. The number of hydrogen-bond acceptors (Lipinski definition) is 20. The van der Waals surface area contributed by atoms with Crippen LogP contribution in [0.2, 0.25) is 0 Å². The molecule has 17 rings (SSSR count). The average molecular weight is 1310 g/mol. The molecule has 0 aliphatic carbocycles. The van der Waals surface area contributed by atoms with Crippen LogP contribution in [0, 0.1) is 0 Å². The number of aryl methyl sites for hydroxylation is 2. The molecule has 0 radical (unpaired) electrons. The molecule has 17 aromatic rings. The first kappa shape index (κ1) is 71.7. The highest BCUT2D eigenvalue weighted by Gasteiger charge is 1.97. The minimum absolute atomic E-state index is 0.949. The van der Waals surface area contributed by atoms with Crippen molar-refractivity contribution in [1.82, 2.24) is 99.9 Å². The largest absolute Gasteiger partial charge is 0.265 e. The van der Waals surface area contributed by atoms with E-state index in [4.69, 9.17) is 0 Å². The van der Waals surface area contributed by atoms with E-state index < -0.39 is 0 Å². The van der Waals surface area contributed by atoms with Crippen LogP contribution in [-0.4, -0.2) is 99.9 Å². The summed E-state index contributed by atoms with van der Waals surface area (Å²) in [6.45, 7) is 0. The van der Waals surface area contributed by atoms with Gasteiger partial charge in [0.1, 0.15) is 6.33 Å². The van der Waals surface area contributed by atoms with Crippen molar-refractivity contribution in [3.05, 3.63) is 403 Å². The predicted octanol–water partition coefficient (Wildman–Crippen LogP) is 15.5. The van der Waals surface area contributed by atoms with Crippen LogP contribution in [0.15, 0.2) is 381 Å². The molecular formula is C80H68N20. The zero-order valence-electron chi connectivity index (χ0n) is 54.3. The number of pyridine rings is 14. The molecule has 0 atom stereocenters. The van der Waals surface area contributed by atoms with E-state index in [1.165, 1.54) is 28.6 Å². The molecule has 488 valence electrons. The lowest BCUT2D eigenvalue weighted by Gasteiger charge is -2.00. The molecule has 0 aliphatic heterocycles. The van der Waals surface area contributed by atoms with Gasteiger partial charge in [0.05, 0.1) is 11.0 Å². The molecule has 0 saturated heterocycles. The molecule has 0 fully saturated rings. The van der Waals surface area contributed by atoms with Crippen molar-refractivity contribution in [2.45, 2.75) is 12.8 Å². The highest BCUT2D eigenvalue weighted by Crippen LogP contribution is 2.17. The van der Waals surface area contributed by atoms with E-state index in [1.54, 1.807) is 155 Å². The van der Waals surface area contributed by atoms with E-state index in [1.807, 2.05) is 195 Å². The summed E-state index contributed by atoms with van der Waals surface area (Å²) in [7, 11) is 0. The van der Waals surface area contributed by atoms with Gasteiger partial charge in [-0.2, -0.15) is 10.2 Å². The summed E-state index contributed by atoms with van der Waals surface area (Å²) < 4.78 is 0. The van der Waals surface area contributed by atoms with Crippen molar-refractivity contribution >= 4 is 44.7 Å². The van der Waals surface area contributed by atoms with Crippen LogP contribution in [0.1, 0.15) is 22.3 Å². The number of hydrogen-bond donors (Lipinski definition) is 0. The lowest BCUT2D eigenvalue weighted by Crippen LogP contribution is -1.91. The second-order valence-electron chi connectivity index (χ2n) is 20.0. The van der Waals surface area contributed by atoms with E-state index in [9.17, 15) is 0 Å². The van der Waals surface area contributed by atoms with Gasteiger partial charge in [0.25, 0.3) is 0 Å². The standard InChI is InChI=1S/C12H12N2.C12H10N2.2C10H8N2.3C8H6N2.3C4H4N2/c2*1(11-3-7-13-8-4-11)2-12-5-9-14-10-6-12;1-5-11-6-2-9(1)10-3-7-12-8-4-10;1-3-9(7-11-5-1)10-4-2-6-12-8-10;2*1-3-9-6-8-2-4-10-5-7(1)8;1-3-7-8(9-5-1)4-2-6-10-7;1-2-6-4-3-5-1;1-2-5-4-6-3-1;1-2-4-6-5-3-1/h3-10H,1-2H2;1-10H;2*1-8H;3*1-6H;3*1-4H/b;2-1+;;;;;;;;. The molecule has 0 bridgehead atoms. The lowest BCUT2D eigenvalue weighted by atomic mass is 10.1. The van der Waals surface area contributed by atoms with Crippen LogP contribution in [0.3, 0.4) is 0 Å². The Morgan fingerprint density at radius 1 is 0.200 bits per heavy atom. The van der Waals surface area contributed by atoms with Crippen LogP contribution in [0.25, 0.3) is 67.0 Å². The smallest absolute Gasteiger partial charge is 0.115 e. The normalized spacial score (nSPS) is 9.64. The summed E-state index contributed by atoms with van der Waals surface area (Å²) in [6.07, 6.45) is 67.7. The van der Waals surface area contributed by atoms with Gasteiger partial charge in [-0.3, -0.25) is 79.7 Å². The maximum atomic E-state index is 4.12. The van der Waals surface area contributed by atoms with Gasteiger partial charge >= 0.3 is 0 Å². The summed E-state index contributed by atoms with van der Waals surface area (Å²) in [6, 6.07) is 52.8. The zero-order valence-corrected chi connectivity index (χ0v) is 54.3. The number of aromatic nitrogens is 20. The number of fused-ring (bicyclic) bond motifs is 3. The van der Waals surface area contributed by atoms with E-state index in [2.05, 4.69) is 136 Å². The van der Waals surface area contributed by atoms with Crippen molar-refractivity contribution < 1.29 is 0 Å². The topological polar surface area (TPSA) is 258 Å². The average Bonchev–Trinajstić information content (AvgIpc) is 1.03. The summed E-state index contributed by atoms with van der Waals surface area (Å²) >= 11 is 0. The van der Waals surface area contributed by atoms with Gasteiger partial charge in [-0.05, 0) is 198 Å². The Bertz CT molecular complexity index is 4070. The lowest BCUT2D eigenvalue weighted by molar-refractivity contribution is 0.951. The Labute approximate surface area is 579 Å².